The molecule has 0 aliphatic carbocycles. The summed E-state index contributed by atoms with van der Waals surface area (Å²) in [6, 6.07) is 12.4. The molecule has 1 aromatic heterocycles. The number of hydrogen-bond donors (Lipinski definition) is 1. The summed E-state index contributed by atoms with van der Waals surface area (Å²) >= 11 is 0. The van der Waals surface area contributed by atoms with E-state index in [1.165, 1.54) is 0 Å². The summed E-state index contributed by atoms with van der Waals surface area (Å²) in [5.41, 5.74) is 6.22. The van der Waals surface area contributed by atoms with E-state index in [0.29, 0.717) is 13.0 Å². The molecule has 0 atom stereocenters. The first-order valence-corrected chi connectivity index (χ1v) is 7.56. The molecular weight excluding hydrogens is 286 g/mol. The summed E-state index contributed by atoms with van der Waals surface area (Å²) in [7, 11) is 0. The van der Waals surface area contributed by atoms with Crippen LogP contribution in [-0.4, -0.2) is 24.2 Å². The molecule has 2 rings (SSSR count). The van der Waals surface area contributed by atoms with Crippen molar-refractivity contribution in [3.05, 3.63) is 59.4 Å². The zero-order chi connectivity index (χ0) is 16.7. The van der Waals surface area contributed by atoms with E-state index in [0.717, 1.165) is 33.8 Å². The molecule has 1 heterocycles. The van der Waals surface area contributed by atoms with E-state index in [4.69, 9.17) is 0 Å². The molecule has 4 nitrogen and oxygen atoms in total. The van der Waals surface area contributed by atoms with Crippen molar-refractivity contribution in [1.29, 1.82) is 0 Å². The number of nitrogens with zero attached hydrogens (tertiary/aromatic N) is 2. The second kappa shape index (κ2) is 8.03. The van der Waals surface area contributed by atoms with Gasteiger partial charge >= 0.3 is 0 Å². The van der Waals surface area contributed by atoms with Gasteiger partial charge in [-0.1, -0.05) is 24.3 Å². The van der Waals surface area contributed by atoms with Crippen molar-refractivity contribution in [3.8, 4) is 11.1 Å². The molecule has 23 heavy (non-hydrogen) atoms. The van der Waals surface area contributed by atoms with E-state index in [1.807, 2.05) is 39.0 Å². The fourth-order valence-corrected chi connectivity index (χ4v) is 2.42. The number of aromatic nitrogens is 1. The molecule has 1 aromatic carbocycles. The summed E-state index contributed by atoms with van der Waals surface area (Å²) in [6.45, 7) is 6.38. The fraction of sp³-hybridized carbons (Fsp3) is 0.211. The highest BCUT2D eigenvalue weighted by Crippen LogP contribution is 2.25. The predicted molar refractivity (Wildman–Crippen MR) is 95.4 cm³/mol. The largest absolute Gasteiger partial charge is 0.354 e. The normalized spacial score (nSPS) is 11.7. The van der Waals surface area contributed by atoms with Gasteiger partial charge in [0, 0.05) is 23.2 Å². The van der Waals surface area contributed by atoms with Gasteiger partial charge in [0.25, 0.3) is 0 Å². The SMILES string of the molecule is C/C=C(\N=CCNC=O)c1cccc(-c2cc(C)nc(C)c2)c1. The van der Waals surface area contributed by atoms with E-state index >= 15 is 0 Å². The second-order valence-electron chi connectivity index (χ2n) is 5.23. The molecule has 0 bridgehead atoms. The number of benzene rings is 1. The molecule has 0 radical (unpaired) electrons. The summed E-state index contributed by atoms with van der Waals surface area (Å²) in [4.78, 5) is 19.1. The minimum absolute atomic E-state index is 0.420. The third-order valence-corrected chi connectivity index (χ3v) is 3.37. The number of pyridine rings is 1. The lowest BCUT2D eigenvalue weighted by atomic mass is 10.0. The van der Waals surface area contributed by atoms with Crippen LogP contribution in [0.15, 0.2) is 47.5 Å². The molecule has 0 fully saturated rings. The maximum Gasteiger partial charge on any atom is 0.207 e. The van der Waals surface area contributed by atoms with Gasteiger partial charge in [-0.3, -0.25) is 14.8 Å². The van der Waals surface area contributed by atoms with E-state index in [1.54, 1.807) is 6.21 Å². The number of aliphatic imine (C=N–C) groups is 1. The van der Waals surface area contributed by atoms with Crippen LogP contribution in [0, 0.1) is 13.8 Å². The monoisotopic (exact) mass is 307 g/mol. The van der Waals surface area contributed by atoms with Crippen LogP contribution in [-0.2, 0) is 4.79 Å². The first-order chi connectivity index (χ1) is 11.1. The average Bonchev–Trinajstić information content (AvgIpc) is 2.54. The van der Waals surface area contributed by atoms with E-state index < -0.39 is 0 Å². The minimum Gasteiger partial charge on any atom is -0.354 e. The van der Waals surface area contributed by atoms with Gasteiger partial charge in [-0.05, 0) is 50.1 Å². The predicted octanol–water partition coefficient (Wildman–Crippen LogP) is 3.54. The zero-order valence-electron chi connectivity index (χ0n) is 13.7. The average molecular weight is 307 g/mol. The van der Waals surface area contributed by atoms with Crippen LogP contribution < -0.4 is 5.32 Å². The van der Waals surface area contributed by atoms with E-state index in [-0.39, 0.29) is 0 Å². The molecule has 0 aliphatic heterocycles. The highest BCUT2D eigenvalue weighted by molar-refractivity contribution is 5.78. The number of nitrogens with one attached hydrogen (secondary N) is 1. The van der Waals surface area contributed by atoms with Crippen molar-refractivity contribution >= 4 is 18.3 Å². The van der Waals surface area contributed by atoms with Crippen LogP contribution in [0.1, 0.15) is 23.9 Å². The first kappa shape index (κ1) is 16.6. The Morgan fingerprint density at radius 2 is 1.91 bits per heavy atom. The summed E-state index contributed by atoms with van der Waals surface area (Å²) in [5.74, 6) is 0. The van der Waals surface area contributed by atoms with Gasteiger partial charge in [-0.15, -0.1) is 0 Å². The molecule has 2 aromatic rings. The fourth-order valence-electron chi connectivity index (χ4n) is 2.42. The summed E-state index contributed by atoms with van der Waals surface area (Å²) in [6.07, 6.45) is 4.31. The Hall–Kier alpha value is -2.75. The smallest absolute Gasteiger partial charge is 0.207 e. The van der Waals surface area contributed by atoms with Crippen LogP contribution in [0.4, 0.5) is 0 Å². The maximum atomic E-state index is 10.3. The van der Waals surface area contributed by atoms with Gasteiger partial charge < -0.3 is 5.32 Å². The van der Waals surface area contributed by atoms with Crippen LogP contribution in [0.5, 0.6) is 0 Å². The quantitative estimate of drug-likeness (QED) is 0.504. The lowest BCUT2D eigenvalue weighted by Crippen LogP contribution is -2.12. The molecule has 0 unspecified atom stereocenters. The van der Waals surface area contributed by atoms with Crippen molar-refractivity contribution in [2.45, 2.75) is 20.8 Å². The Bertz CT molecular complexity index is 728. The summed E-state index contributed by atoms with van der Waals surface area (Å²) < 4.78 is 0. The van der Waals surface area contributed by atoms with Crippen molar-refractivity contribution in [2.24, 2.45) is 4.99 Å². The number of carbonyl (C=O) groups excluding carboxylic acids is 1. The third-order valence-electron chi connectivity index (χ3n) is 3.37. The van der Waals surface area contributed by atoms with Crippen LogP contribution >= 0.6 is 0 Å². The van der Waals surface area contributed by atoms with Gasteiger partial charge in [-0.25, -0.2) is 0 Å². The van der Waals surface area contributed by atoms with Gasteiger partial charge in [0.1, 0.15) is 0 Å². The summed E-state index contributed by atoms with van der Waals surface area (Å²) in [5, 5.41) is 2.56. The number of carbonyl (C=O) groups is 1. The van der Waals surface area contributed by atoms with Gasteiger partial charge in [0.05, 0.1) is 12.2 Å². The van der Waals surface area contributed by atoms with Crippen LogP contribution in [0.2, 0.25) is 0 Å². The number of amides is 1. The Labute approximate surface area is 137 Å². The van der Waals surface area contributed by atoms with Gasteiger partial charge in [0.15, 0.2) is 0 Å². The number of rotatable bonds is 6. The van der Waals surface area contributed by atoms with Crippen LogP contribution in [0.25, 0.3) is 16.8 Å². The Balaban J connectivity index is 2.31. The topological polar surface area (TPSA) is 54.4 Å². The number of hydrogen-bond acceptors (Lipinski definition) is 3. The molecular formula is C19H21N3O. The zero-order valence-corrected chi connectivity index (χ0v) is 13.7. The van der Waals surface area contributed by atoms with Crippen molar-refractivity contribution in [1.82, 2.24) is 10.3 Å². The Morgan fingerprint density at radius 1 is 1.17 bits per heavy atom. The van der Waals surface area contributed by atoms with E-state index in [9.17, 15) is 4.79 Å². The molecule has 0 saturated carbocycles. The van der Waals surface area contributed by atoms with Crippen LogP contribution in [0.3, 0.4) is 0 Å². The molecule has 1 amide bonds. The standard InChI is InChI=1S/C19H21N3O/c1-4-19(21-9-8-20-13-23)17-7-5-6-16(12-17)18-10-14(2)22-15(3)11-18/h4-7,9-13H,8H2,1-3H3,(H,20,23)/b19-4-,21-9?. The molecule has 0 spiro atoms. The first-order valence-electron chi connectivity index (χ1n) is 7.56. The molecule has 118 valence electrons. The van der Waals surface area contributed by atoms with Gasteiger partial charge in [-0.2, -0.15) is 0 Å². The second-order valence-corrected chi connectivity index (χ2v) is 5.23. The molecule has 0 aliphatic rings. The highest BCUT2D eigenvalue weighted by Gasteiger charge is 2.04. The molecule has 1 N–H and O–H groups in total. The lowest BCUT2D eigenvalue weighted by molar-refractivity contribution is -0.109. The maximum absolute atomic E-state index is 10.3. The Kier molecular flexibility index (Phi) is 5.80. The molecule has 4 heteroatoms. The Morgan fingerprint density at radius 3 is 2.57 bits per heavy atom. The minimum atomic E-state index is 0.420. The highest BCUT2D eigenvalue weighted by atomic mass is 16.1. The van der Waals surface area contributed by atoms with Gasteiger partial charge in [0.2, 0.25) is 6.41 Å². The van der Waals surface area contributed by atoms with Crippen molar-refractivity contribution in [2.75, 3.05) is 6.54 Å². The third kappa shape index (κ3) is 4.61. The van der Waals surface area contributed by atoms with Crippen molar-refractivity contribution in [3.63, 3.8) is 0 Å². The van der Waals surface area contributed by atoms with Crippen molar-refractivity contribution < 1.29 is 4.79 Å². The number of aryl methyl sites for hydroxylation is 2. The lowest BCUT2D eigenvalue weighted by Gasteiger charge is -2.08. The molecule has 0 saturated heterocycles. The van der Waals surface area contributed by atoms with E-state index in [2.05, 4.69) is 39.6 Å². The number of allylic oxidation sites excluding steroid dienone is 1.